The van der Waals surface area contributed by atoms with Gasteiger partial charge in [0.05, 0.1) is 10.9 Å². The van der Waals surface area contributed by atoms with Crippen molar-refractivity contribution in [2.24, 2.45) is 0 Å². The molecule has 1 atom stereocenters. The third-order valence-electron chi connectivity index (χ3n) is 4.70. The first kappa shape index (κ1) is 19.7. The fraction of sp³-hybridized carbons (Fsp3) is 0.227. The van der Waals surface area contributed by atoms with Crippen molar-refractivity contribution in [1.82, 2.24) is 9.88 Å². The molecule has 1 saturated heterocycles. The summed E-state index contributed by atoms with van der Waals surface area (Å²) in [7, 11) is 0. The lowest BCUT2D eigenvalue weighted by Gasteiger charge is -2.22. The third-order valence-corrected chi connectivity index (χ3v) is 6.56. The molecule has 2 aromatic carbocycles. The van der Waals surface area contributed by atoms with E-state index in [1.54, 1.807) is 22.0 Å². The van der Waals surface area contributed by atoms with Crippen LogP contribution >= 0.6 is 23.1 Å². The number of carbonyl (C=O) groups excluding carboxylic acids is 2. The van der Waals surface area contributed by atoms with Gasteiger partial charge >= 0.3 is 0 Å². The highest BCUT2D eigenvalue weighted by atomic mass is 32.2. The summed E-state index contributed by atoms with van der Waals surface area (Å²) >= 11 is 3.06. The number of benzene rings is 2. The van der Waals surface area contributed by atoms with Crippen LogP contribution in [0.1, 0.15) is 26.6 Å². The van der Waals surface area contributed by atoms with Crippen molar-refractivity contribution in [3.05, 3.63) is 81.8 Å². The van der Waals surface area contributed by atoms with E-state index in [-0.39, 0.29) is 11.8 Å². The first-order chi connectivity index (χ1) is 14.1. The highest BCUT2D eigenvalue weighted by molar-refractivity contribution is 7.99. The number of rotatable bonds is 5. The number of hydrogen-bond acceptors (Lipinski definition) is 5. The fourth-order valence-corrected chi connectivity index (χ4v) is 5.17. The van der Waals surface area contributed by atoms with Crippen LogP contribution in [-0.2, 0) is 11.2 Å². The Kier molecular flexibility index (Phi) is 5.97. The summed E-state index contributed by atoms with van der Waals surface area (Å²) in [5.41, 5.74) is 3.40. The maximum absolute atomic E-state index is 13.0. The maximum Gasteiger partial charge on any atom is 0.274 e. The Morgan fingerprint density at radius 1 is 1.17 bits per heavy atom. The molecule has 29 heavy (non-hydrogen) atoms. The quantitative estimate of drug-likeness (QED) is 0.668. The normalized spacial score (nSPS) is 16.0. The molecule has 3 aromatic rings. The van der Waals surface area contributed by atoms with Gasteiger partial charge < -0.3 is 10.2 Å². The van der Waals surface area contributed by atoms with Crippen molar-refractivity contribution >= 4 is 40.6 Å². The molecule has 1 fully saturated rings. The van der Waals surface area contributed by atoms with Crippen LogP contribution in [0.5, 0.6) is 0 Å². The largest absolute Gasteiger partial charge is 0.324 e. The van der Waals surface area contributed by atoms with Crippen molar-refractivity contribution in [3.63, 3.8) is 0 Å². The number of carbonyl (C=O) groups is 2. The van der Waals surface area contributed by atoms with Gasteiger partial charge in [-0.1, -0.05) is 42.5 Å². The van der Waals surface area contributed by atoms with Gasteiger partial charge in [0.25, 0.3) is 5.91 Å². The summed E-state index contributed by atoms with van der Waals surface area (Å²) in [6.07, 6.45) is 0.699. The second-order valence-electron chi connectivity index (χ2n) is 6.94. The molecule has 1 N–H and O–H groups in total. The predicted octanol–water partition coefficient (Wildman–Crippen LogP) is 4.20. The lowest BCUT2D eigenvalue weighted by atomic mass is 10.2. The Bertz CT molecular complexity index is 1020. The molecule has 1 aliphatic rings. The molecule has 5 nitrogen and oxygen atoms in total. The first-order valence-electron chi connectivity index (χ1n) is 9.35. The number of amides is 2. The zero-order valence-electron chi connectivity index (χ0n) is 16.0. The molecule has 2 heterocycles. The van der Waals surface area contributed by atoms with Gasteiger partial charge in [0.15, 0.2) is 0 Å². The first-order valence-corrected chi connectivity index (χ1v) is 11.4. The van der Waals surface area contributed by atoms with Crippen LogP contribution in [0.2, 0.25) is 0 Å². The number of hydrogen-bond donors (Lipinski definition) is 1. The molecule has 0 aliphatic carbocycles. The van der Waals surface area contributed by atoms with Gasteiger partial charge in [0.2, 0.25) is 5.91 Å². The van der Waals surface area contributed by atoms with E-state index in [9.17, 15) is 9.59 Å². The van der Waals surface area contributed by atoms with Crippen molar-refractivity contribution in [1.29, 1.82) is 0 Å². The number of thiazole rings is 1. The van der Waals surface area contributed by atoms with Crippen LogP contribution in [0.25, 0.3) is 0 Å². The summed E-state index contributed by atoms with van der Waals surface area (Å²) in [5, 5.41) is 5.62. The molecular formula is C22H21N3O2S2. The van der Waals surface area contributed by atoms with E-state index in [2.05, 4.69) is 10.3 Å². The number of thioether (sulfide) groups is 1. The highest BCUT2D eigenvalue weighted by Crippen LogP contribution is 2.25. The third kappa shape index (κ3) is 4.68. The van der Waals surface area contributed by atoms with Gasteiger partial charge in [-0.05, 0) is 30.2 Å². The monoisotopic (exact) mass is 423 g/mol. The Balaban J connectivity index is 1.44. The van der Waals surface area contributed by atoms with E-state index in [1.807, 2.05) is 61.5 Å². The van der Waals surface area contributed by atoms with E-state index in [1.165, 1.54) is 11.3 Å². The van der Waals surface area contributed by atoms with E-state index >= 15 is 0 Å². The van der Waals surface area contributed by atoms with E-state index in [4.69, 9.17) is 0 Å². The number of nitrogens with one attached hydrogen (secondary N) is 1. The average molecular weight is 424 g/mol. The molecule has 7 heteroatoms. The molecule has 0 spiro atoms. The van der Waals surface area contributed by atoms with Gasteiger partial charge in [-0.25, -0.2) is 4.98 Å². The standard InChI is InChI=1S/C22H21N3O2S2/c1-15-6-5-9-17(10-15)23-21(26)19-13-28-14-25(19)22(27)18-12-29-20(24-18)11-16-7-3-2-4-8-16/h2-10,12,19H,11,13-14H2,1H3,(H,23,26). The lowest BCUT2D eigenvalue weighted by molar-refractivity contribution is -0.119. The second-order valence-corrected chi connectivity index (χ2v) is 8.88. The zero-order valence-corrected chi connectivity index (χ0v) is 17.6. The fourth-order valence-electron chi connectivity index (χ4n) is 3.22. The van der Waals surface area contributed by atoms with Crippen molar-refractivity contribution in [2.45, 2.75) is 19.4 Å². The SMILES string of the molecule is Cc1cccc(NC(=O)C2CSCN2C(=O)c2csc(Cc3ccccc3)n2)c1. The molecule has 0 saturated carbocycles. The molecule has 0 bridgehead atoms. The van der Waals surface area contributed by atoms with Gasteiger partial charge in [-0.3, -0.25) is 9.59 Å². The van der Waals surface area contributed by atoms with E-state index in [0.717, 1.165) is 21.8 Å². The van der Waals surface area contributed by atoms with Gasteiger partial charge in [-0.15, -0.1) is 23.1 Å². The topological polar surface area (TPSA) is 62.3 Å². The van der Waals surface area contributed by atoms with E-state index in [0.29, 0.717) is 23.7 Å². The second kappa shape index (κ2) is 8.80. The Morgan fingerprint density at radius 3 is 2.79 bits per heavy atom. The van der Waals surface area contributed by atoms with Crippen LogP contribution in [0, 0.1) is 6.92 Å². The summed E-state index contributed by atoms with van der Waals surface area (Å²) in [6.45, 7) is 1.98. The summed E-state index contributed by atoms with van der Waals surface area (Å²) in [6, 6.07) is 17.2. The van der Waals surface area contributed by atoms with E-state index < -0.39 is 6.04 Å². The maximum atomic E-state index is 13.0. The van der Waals surface area contributed by atoms with Crippen molar-refractivity contribution < 1.29 is 9.59 Å². The molecule has 1 aromatic heterocycles. The molecule has 1 aliphatic heterocycles. The van der Waals surface area contributed by atoms with Crippen molar-refractivity contribution in [3.8, 4) is 0 Å². The predicted molar refractivity (Wildman–Crippen MR) is 118 cm³/mol. The minimum Gasteiger partial charge on any atom is -0.324 e. The molecule has 1 unspecified atom stereocenters. The smallest absolute Gasteiger partial charge is 0.274 e. The zero-order chi connectivity index (χ0) is 20.2. The Labute approximate surface area is 178 Å². The number of anilines is 1. The van der Waals surface area contributed by atoms with Crippen molar-refractivity contribution in [2.75, 3.05) is 16.9 Å². The molecule has 2 amide bonds. The Morgan fingerprint density at radius 2 is 2.00 bits per heavy atom. The highest BCUT2D eigenvalue weighted by Gasteiger charge is 2.36. The number of aryl methyl sites for hydroxylation is 1. The van der Waals surface area contributed by atoms with Crippen LogP contribution in [0.15, 0.2) is 60.0 Å². The Hall–Kier alpha value is -2.64. The average Bonchev–Trinajstić information content (AvgIpc) is 3.38. The molecular weight excluding hydrogens is 402 g/mol. The number of aromatic nitrogens is 1. The minimum absolute atomic E-state index is 0.159. The van der Waals surface area contributed by atoms with Gasteiger partial charge in [0.1, 0.15) is 11.7 Å². The summed E-state index contributed by atoms with van der Waals surface area (Å²) in [5.74, 6) is 0.740. The number of nitrogens with zero attached hydrogens (tertiary/aromatic N) is 2. The van der Waals surface area contributed by atoms with Crippen LogP contribution in [0.3, 0.4) is 0 Å². The van der Waals surface area contributed by atoms with Crippen LogP contribution in [-0.4, -0.2) is 39.4 Å². The summed E-state index contributed by atoms with van der Waals surface area (Å²) < 4.78 is 0. The van der Waals surface area contributed by atoms with Gasteiger partial charge in [-0.2, -0.15) is 0 Å². The minimum atomic E-state index is -0.493. The molecule has 4 rings (SSSR count). The van der Waals surface area contributed by atoms with Crippen LogP contribution in [0.4, 0.5) is 5.69 Å². The van der Waals surface area contributed by atoms with Crippen LogP contribution < -0.4 is 5.32 Å². The molecule has 0 radical (unpaired) electrons. The van der Waals surface area contributed by atoms with Gasteiger partial charge in [0, 0.05) is 23.2 Å². The molecule has 148 valence electrons. The lowest BCUT2D eigenvalue weighted by Crippen LogP contribution is -2.44. The summed E-state index contributed by atoms with van der Waals surface area (Å²) in [4.78, 5) is 31.9.